The maximum absolute atomic E-state index is 12.1. The van der Waals surface area contributed by atoms with E-state index in [1.165, 1.54) is 0 Å². The molecule has 142 valence electrons. The molecule has 0 saturated carbocycles. The molecule has 0 aliphatic heterocycles. The quantitative estimate of drug-likeness (QED) is 0.591. The van der Waals surface area contributed by atoms with Gasteiger partial charge in [0.25, 0.3) is 11.8 Å². The lowest BCUT2D eigenvalue weighted by Gasteiger charge is -2.08. The normalized spacial score (nSPS) is 10.1. The molecule has 6 heteroatoms. The summed E-state index contributed by atoms with van der Waals surface area (Å²) in [4.78, 5) is 29.0. The average molecular weight is 376 g/mol. The van der Waals surface area contributed by atoms with E-state index in [1.54, 1.807) is 24.3 Å². The Bertz CT molecular complexity index is 897. The number of hydroxylamine groups is 1. The van der Waals surface area contributed by atoms with E-state index < -0.39 is 5.91 Å². The van der Waals surface area contributed by atoms with Crippen LogP contribution in [0.4, 0.5) is 0 Å². The highest BCUT2D eigenvalue weighted by molar-refractivity contribution is 5.96. The second-order valence-electron chi connectivity index (χ2n) is 5.92. The van der Waals surface area contributed by atoms with Gasteiger partial charge in [-0.2, -0.15) is 0 Å². The van der Waals surface area contributed by atoms with Gasteiger partial charge in [0.15, 0.2) is 0 Å². The number of para-hydroxylation sites is 1. The fourth-order valence-corrected chi connectivity index (χ4v) is 2.37. The van der Waals surface area contributed by atoms with Gasteiger partial charge >= 0.3 is 0 Å². The molecule has 3 aromatic rings. The van der Waals surface area contributed by atoms with Gasteiger partial charge in [0.1, 0.15) is 11.5 Å². The van der Waals surface area contributed by atoms with Gasteiger partial charge in [-0.25, -0.2) is 5.48 Å². The number of benzene rings is 3. The molecular formula is C22H20N2O4. The molecule has 6 nitrogen and oxygen atoms in total. The van der Waals surface area contributed by atoms with E-state index in [1.807, 2.05) is 60.7 Å². The van der Waals surface area contributed by atoms with Gasteiger partial charge in [0.2, 0.25) is 0 Å². The number of hydrogen-bond donors (Lipinski definition) is 2. The van der Waals surface area contributed by atoms with Crippen LogP contribution < -0.4 is 15.5 Å². The van der Waals surface area contributed by atoms with Crippen molar-refractivity contribution in [2.24, 2.45) is 0 Å². The first-order chi connectivity index (χ1) is 13.7. The van der Waals surface area contributed by atoms with Crippen molar-refractivity contribution in [2.45, 2.75) is 6.61 Å². The van der Waals surface area contributed by atoms with Crippen molar-refractivity contribution in [3.05, 3.63) is 96.1 Å². The van der Waals surface area contributed by atoms with Crippen molar-refractivity contribution < 1.29 is 19.2 Å². The summed E-state index contributed by atoms with van der Waals surface area (Å²) in [6.45, 7) is 0.0687. The average Bonchev–Trinajstić information content (AvgIpc) is 2.74. The molecule has 3 rings (SSSR count). The molecule has 0 atom stereocenters. The van der Waals surface area contributed by atoms with Crippen LogP contribution in [0.15, 0.2) is 84.9 Å². The number of hydrogen-bond acceptors (Lipinski definition) is 4. The second-order valence-corrected chi connectivity index (χ2v) is 5.92. The summed E-state index contributed by atoms with van der Waals surface area (Å²) < 4.78 is 5.68. The Kier molecular flexibility index (Phi) is 6.76. The molecule has 0 fully saturated rings. The Morgan fingerprint density at radius 1 is 0.750 bits per heavy atom. The van der Waals surface area contributed by atoms with Crippen LogP contribution in [0.2, 0.25) is 0 Å². The molecule has 0 saturated heterocycles. The molecule has 0 heterocycles. The summed E-state index contributed by atoms with van der Waals surface area (Å²) in [7, 11) is 0. The first kappa shape index (κ1) is 19.1. The second kappa shape index (κ2) is 9.89. The third-order valence-electron chi connectivity index (χ3n) is 3.77. The number of rotatable bonds is 8. The molecule has 2 amide bonds. The maximum Gasteiger partial charge on any atom is 0.262 e. The van der Waals surface area contributed by atoms with E-state index in [0.29, 0.717) is 17.1 Å². The summed E-state index contributed by atoms with van der Waals surface area (Å²) in [6.07, 6.45) is 0. The highest BCUT2D eigenvalue weighted by Gasteiger charge is 2.08. The monoisotopic (exact) mass is 376 g/mol. The van der Waals surface area contributed by atoms with E-state index in [9.17, 15) is 9.59 Å². The number of amides is 2. The van der Waals surface area contributed by atoms with Gasteiger partial charge in [-0.05, 0) is 42.0 Å². The topological polar surface area (TPSA) is 76.7 Å². The SMILES string of the molecule is O=C(CNC(=O)c1ccc(Oc2ccccc2)cc1)NOCc1ccccc1. The van der Waals surface area contributed by atoms with E-state index >= 15 is 0 Å². The fourth-order valence-electron chi connectivity index (χ4n) is 2.37. The zero-order valence-electron chi connectivity index (χ0n) is 15.1. The van der Waals surface area contributed by atoms with Crippen molar-refractivity contribution in [3.63, 3.8) is 0 Å². The highest BCUT2D eigenvalue weighted by Crippen LogP contribution is 2.21. The fraction of sp³-hybridized carbons (Fsp3) is 0.0909. The van der Waals surface area contributed by atoms with Crippen LogP contribution in [0.25, 0.3) is 0 Å². The summed E-state index contributed by atoms with van der Waals surface area (Å²) in [6, 6.07) is 25.5. The predicted molar refractivity (Wildman–Crippen MR) is 105 cm³/mol. The standard InChI is InChI=1S/C22H20N2O4/c25-21(24-27-16-17-7-3-1-4-8-17)15-23-22(26)18-11-13-20(14-12-18)28-19-9-5-2-6-10-19/h1-14H,15-16H2,(H,23,26)(H,24,25). The molecule has 0 spiro atoms. The van der Waals surface area contributed by atoms with Gasteiger partial charge in [-0.3, -0.25) is 14.4 Å². The van der Waals surface area contributed by atoms with Crippen LogP contribution in [0.1, 0.15) is 15.9 Å². The first-order valence-corrected chi connectivity index (χ1v) is 8.76. The van der Waals surface area contributed by atoms with Crippen LogP contribution in [0.3, 0.4) is 0 Å². The predicted octanol–water partition coefficient (Wildman–Crippen LogP) is 3.46. The number of ether oxygens (including phenoxy) is 1. The van der Waals surface area contributed by atoms with E-state index in [2.05, 4.69) is 10.8 Å². The Morgan fingerprint density at radius 2 is 1.36 bits per heavy atom. The molecule has 2 N–H and O–H groups in total. The molecule has 0 unspecified atom stereocenters. The lowest BCUT2D eigenvalue weighted by Crippen LogP contribution is -2.36. The molecular weight excluding hydrogens is 356 g/mol. The zero-order valence-corrected chi connectivity index (χ0v) is 15.1. The molecule has 0 aromatic heterocycles. The van der Waals surface area contributed by atoms with Crippen LogP contribution in [0.5, 0.6) is 11.5 Å². The number of nitrogens with one attached hydrogen (secondary N) is 2. The third kappa shape index (κ3) is 5.96. The van der Waals surface area contributed by atoms with E-state index in [-0.39, 0.29) is 19.1 Å². The van der Waals surface area contributed by atoms with Crippen molar-refractivity contribution in [1.82, 2.24) is 10.8 Å². The summed E-state index contributed by atoms with van der Waals surface area (Å²) in [5.74, 6) is 0.541. The number of carbonyl (C=O) groups excluding carboxylic acids is 2. The van der Waals surface area contributed by atoms with Gasteiger partial charge in [0.05, 0.1) is 13.2 Å². The number of carbonyl (C=O) groups is 2. The molecule has 0 aliphatic rings. The van der Waals surface area contributed by atoms with Gasteiger partial charge in [-0.15, -0.1) is 0 Å². The smallest absolute Gasteiger partial charge is 0.262 e. The Morgan fingerprint density at radius 3 is 2.04 bits per heavy atom. The van der Waals surface area contributed by atoms with Crippen molar-refractivity contribution in [2.75, 3.05) is 6.54 Å². The van der Waals surface area contributed by atoms with Crippen LogP contribution in [-0.2, 0) is 16.2 Å². The molecule has 0 bridgehead atoms. The van der Waals surface area contributed by atoms with E-state index in [0.717, 1.165) is 5.56 Å². The van der Waals surface area contributed by atoms with Gasteiger partial charge in [-0.1, -0.05) is 48.5 Å². The lowest BCUT2D eigenvalue weighted by atomic mass is 10.2. The summed E-state index contributed by atoms with van der Waals surface area (Å²) in [5.41, 5.74) is 3.66. The minimum absolute atomic E-state index is 0.185. The summed E-state index contributed by atoms with van der Waals surface area (Å²) in [5, 5.41) is 2.54. The first-order valence-electron chi connectivity index (χ1n) is 8.76. The lowest BCUT2D eigenvalue weighted by molar-refractivity contribution is -0.133. The van der Waals surface area contributed by atoms with E-state index in [4.69, 9.17) is 9.57 Å². The Labute approximate surface area is 163 Å². The third-order valence-corrected chi connectivity index (χ3v) is 3.77. The van der Waals surface area contributed by atoms with Crippen molar-refractivity contribution >= 4 is 11.8 Å². The van der Waals surface area contributed by atoms with Crippen LogP contribution in [-0.4, -0.2) is 18.4 Å². The summed E-state index contributed by atoms with van der Waals surface area (Å²) >= 11 is 0. The Hall–Kier alpha value is -3.64. The zero-order chi connectivity index (χ0) is 19.6. The minimum Gasteiger partial charge on any atom is -0.457 e. The molecule has 3 aromatic carbocycles. The van der Waals surface area contributed by atoms with Crippen LogP contribution >= 0.6 is 0 Å². The minimum atomic E-state index is -0.437. The van der Waals surface area contributed by atoms with Crippen LogP contribution in [0, 0.1) is 0 Å². The van der Waals surface area contributed by atoms with Gasteiger partial charge in [0, 0.05) is 5.56 Å². The molecule has 0 aliphatic carbocycles. The highest BCUT2D eigenvalue weighted by atomic mass is 16.6. The molecule has 0 radical (unpaired) electrons. The Balaban J connectivity index is 1.41. The maximum atomic E-state index is 12.1. The largest absolute Gasteiger partial charge is 0.457 e. The van der Waals surface area contributed by atoms with Crippen molar-refractivity contribution in [1.29, 1.82) is 0 Å². The molecule has 28 heavy (non-hydrogen) atoms. The van der Waals surface area contributed by atoms with Gasteiger partial charge < -0.3 is 10.1 Å². The van der Waals surface area contributed by atoms with Crippen molar-refractivity contribution in [3.8, 4) is 11.5 Å².